The molecule has 30 heavy (non-hydrogen) atoms. The minimum atomic E-state index is -0.683. The van der Waals surface area contributed by atoms with Crippen molar-refractivity contribution >= 4 is 28.4 Å². The number of aromatic nitrogens is 2. The van der Waals surface area contributed by atoms with Gasteiger partial charge in [-0.3, -0.25) is 14.6 Å². The fourth-order valence-electron chi connectivity index (χ4n) is 3.98. The Morgan fingerprint density at radius 1 is 1.17 bits per heavy atom. The van der Waals surface area contributed by atoms with Gasteiger partial charge in [-0.1, -0.05) is 24.3 Å². The standard InChI is InChI=1S/C23H24N4O3/c1-25(2)11-12-27-20(15-7-6-10-24-13-15)19(22(29)23(27)30)21(28)17-14-26(3)18-9-5-4-8-16(17)18/h4-10,13-14,20,28H,11-12H2,1-3H3/b21-19+. The number of hydrogen-bond acceptors (Lipinski definition) is 5. The molecule has 2 aromatic heterocycles. The Morgan fingerprint density at radius 3 is 2.63 bits per heavy atom. The van der Waals surface area contributed by atoms with Crippen LogP contribution in [-0.4, -0.2) is 63.3 Å². The van der Waals surface area contributed by atoms with Crippen molar-refractivity contribution in [3.63, 3.8) is 0 Å². The Balaban J connectivity index is 1.91. The summed E-state index contributed by atoms with van der Waals surface area (Å²) >= 11 is 0. The number of hydrogen-bond donors (Lipinski definition) is 1. The van der Waals surface area contributed by atoms with E-state index >= 15 is 0 Å². The third kappa shape index (κ3) is 3.27. The van der Waals surface area contributed by atoms with E-state index in [0.29, 0.717) is 24.2 Å². The van der Waals surface area contributed by atoms with Gasteiger partial charge in [0.2, 0.25) is 0 Å². The molecule has 1 aliphatic rings. The highest BCUT2D eigenvalue weighted by Crippen LogP contribution is 2.40. The van der Waals surface area contributed by atoms with E-state index in [4.69, 9.17) is 0 Å². The number of rotatable bonds is 5. The van der Waals surface area contributed by atoms with Gasteiger partial charge in [-0.25, -0.2) is 0 Å². The maximum Gasteiger partial charge on any atom is 0.295 e. The average molecular weight is 404 g/mol. The predicted molar refractivity (Wildman–Crippen MR) is 115 cm³/mol. The number of para-hydroxylation sites is 1. The van der Waals surface area contributed by atoms with E-state index in [1.54, 1.807) is 24.7 Å². The molecule has 1 aromatic carbocycles. The first kappa shape index (κ1) is 19.8. The lowest BCUT2D eigenvalue weighted by Crippen LogP contribution is -2.35. The summed E-state index contributed by atoms with van der Waals surface area (Å²) < 4.78 is 1.89. The minimum Gasteiger partial charge on any atom is -0.507 e. The van der Waals surface area contributed by atoms with Gasteiger partial charge in [0.05, 0.1) is 11.6 Å². The minimum absolute atomic E-state index is 0.100. The molecule has 0 radical (unpaired) electrons. The van der Waals surface area contributed by atoms with Gasteiger partial charge in [0.25, 0.3) is 11.7 Å². The number of pyridine rings is 1. The van der Waals surface area contributed by atoms with Crippen LogP contribution in [0.1, 0.15) is 17.2 Å². The molecule has 1 saturated heterocycles. The van der Waals surface area contributed by atoms with E-state index in [-0.39, 0.29) is 11.3 Å². The van der Waals surface area contributed by atoms with Crippen molar-refractivity contribution in [3.8, 4) is 0 Å². The topological polar surface area (TPSA) is 78.7 Å². The van der Waals surface area contributed by atoms with Gasteiger partial charge in [-0.05, 0) is 31.8 Å². The molecule has 0 saturated carbocycles. The molecule has 1 atom stereocenters. The van der Waals surface area contributed by atoms with Gasteiger partial charge < -0.3 is 19.5 Å². The number of likely N-dealkylation sites (N-methyl/N-ethyl adjacent to an activating group) is 1. The Morgan fingerprint density at radius 2 is 1.93 bits per heavy atom. The highest BCUT2D eigenvalue weighted by Gasteiger charge is 2.46. The molecular weight excluding hydrogens is 380 g/mol. The number of aryl methyl sites for hydroxylation is 1. The summed E-state index contributed by atoms with van der Waals surface area (Å²) in [5.74, 6) is -1.44. The number of carbonyl (C=O) groups is 2. The third-order valence-electron chi connectivity index (χ3n) is 5.48. The zero-order valence-electron chi connectivity index (χ0n) is 17.2. The molecule has 1 N–H and O–H groups in total. The SMILES string of the molecule is CN(C)CCN1C(=O)C(=O)/C(=C(/O)c2cn(C)c3ccccc23)C1c1cccnc1. The quantitative estimate of drug-likeness (QED) is 0.402. The van der Waals surface area contributed by atoms with Crippen LogP contribution in [0, 0.1) is 0 Å². The molecule has 1 fully saturated rings. The summed E-state index contributed by atoms with van der Waals surface area (Å²) in [5, 5.41) is 12.1. The normalized spacial score (nSPS) is 18.7. The summed E-state index contributed by atoms with van der Waals surface area (Å²) in [6, 6.07) is 10.5. The van der Waals surface area contributed by atoms with Crippen LogP contribution in [0.15, 0.2) is 60.6 Å². The van der Waals surface area contributed by atoms with Crippen molar-refractivity contribution in [3.05, 3.63) is 71.7 Å². The van der Waals surface area contributed by atoms with Crippen molar-refractivity contribution < 1.29 is 14.7 Å². The van der Waals surface area contributed by atoms with Crippen LogP contribution in [-0.2, 0) is 16.6 Å². The zero-order chi connectivity index (χ0) is 21.4. The summed E-state index contributed by atoms with van der Waals surface area (Å²) in [5.41, 5.74) is 2.26. The number of fused-ring (bicyclic) bond motifs is 1. The van der Waals surface area contributed by atoms with Crippen molar-refractivity contribution in [1.82, 2.24) is 19.4 Å². The van der Waals surface area contributed by atoms with E-state index in [0.717, 1.165) is 10.9 Å². The number of benzene rings is 1. The van der Waals surface area contributed by atoms with Gasteiger partial charge >= 0.3 is 0 Å². The van der Waals surface area contributed by atoms with Crippen LogP contribution in [0.5, 0.6) is 0 Å². The molecule has 3 heterocycles. The third-order valence-corrected chi connectivity index (χ3v) is 5.48. The highest BCUT2D eigenvalue weighted by molar-refractivity contribution is 6.46. The number of likely N-dealkylation sites (tertiary alicyclic amines) is 1. The van der Waals surface area contributed by atoms with Crippen LogP contribution in [0.4, 0.5) is 0 Å². The molecule has 0 spiro atoms. The molecule has 1 unspecified atom stereocenters. The lowest BCUT2D eigenvalue weighted by molar-refractivity contribution is -0.140. The number of ketones is 1. The molecule has 4 rings (SSSR count). The first-order chi connectivity index (χ1) is 14.4. The van der Waals surface area contributed by atoms with Crippen LogP contribution in [0.2, 0.25) is 0 Å². The van der Waals surface area contributed by atoms with Crippen LogP contribution >= 0.6 is 0 Å². The second kappa shape index (κ2) is 7.76. The maximum absolute atomic E-state index is 13.1. The predicted octanol–water partition coefficient (Wildman–Crippen LogP) is 2.56. The smallest absolute Gasteiger partial charge is 0.295 e. The summed E-state index contributed by atoms with van der Waals surface area (Å²) in [6.45, 7) is 0.960. The molecule has 0 bridgehead atoms. The zero-order valence-corrected chi connectivity index (χ0v) is 17.2. The summed E-state index contributed by atoms with van der Waals surface area (Å²) in [7, 11) is 5.70. The highest BCUT2D eigenvalue weighted by atomic mass is 16.3. The molecule has 1 aliphatic heterocycles. The second-order valence-corrected chi connectivity index (χ2v) is 7.75. The van der Waals surface area contributed by atoms with Crippen LogP contribution in [0.3, 0.4) is 0 Å². The number of aliphatic hydroxyl groups is 1. The first-order valence-corrected chi connectivity index (χ1v) is 9.77. The Hall–Kier alpha value is -3.45. The molecule has 7 nitrogen and oxygen atoms in total. The van der Waals surface area contributed by atoms with Crippen molar-refractivity contribution in [1.29, 1.82) is 0 Å². The van der Waals surface area contributed by atoms with Gasteiger partial charge in [0.15, 0.2) is 0 Å². The van der Waals surface area contributed by atoms with Crippen LogP contribution < -0.4 is 0 Å². The molecular formula is C23H24N4O3. The van der Waals surface area contributed by atoms with Crippen molar-refractivity contribution in [2.24, 2.45) is 7.05 Å². The van der Waals surface area contributed by atoms with Crippen molar-refractivity contribution in [2.45, 2.75) is 6.04 Å². The summed E-state index contributed by atoms with van der Waals surface area (Å²) in [4.78, 5) is 33.6. The number of nitrogens with zero attached hydrogens (tertiary/aromatic N) is 4. The van der Waals surface area contributed by atoms with E-state index in [9.17, 15) is 14.7 Å². The van der Waals surface area contributed by atoms with E-state index in [2.05, 4.69) is 4.98 Å². The fraction of sp³-hybridized carbons (Fsp3) is 0.261. The van der Waals surface area contributed by atoms with Crippen molar-refractivity contribution in [2.75, 3.05) is 27.2 Å². The lowest BCUT2D eigenvalue weighted by Gasteiger charge is -2.26. The lowest BCUT2D eigenvalue weighted by atomic mass is 9.96. The fourth-order valence-corrected chi connectivity index (χ4v) is 3.98. The van der Waals surface area contributed by atoms with E-state index in [1.165, 1.54) is 4.90 Å². The average Bonchev–Trinajstić information content (AvgIpc) is 3.21. The van der Waals surface area contributed by atoms with Gasteiger partial charge in [0, 0.05) is 55.2 Å². The molecule has 154 valence electrons. The monoisotopic (exact) mass is 404 g/mol. The Labute approximate surface area is 174 Å². The number of aliphatic hydroxyl groups excluding tert-OH is 1. The number of amides is 1. The Bertz CT molecular complexity index is 1150. The first-order valence-electron chi connectivity index (χ1n) is 9.77. The molecule has 3 aromatic rings. The van der Waals surface area contributed by atoms with Gasteiger partial charge in [-0.15, -0.1) is 0 Å². The Kier molecular flexibility index (Phi) is 5.13. The largest absolute Gasteiger partial charge is 0.507 e. The molecule has 1 amide bonds. The van der Waals surface area contributed by atoms with E-state index < -0.39 is 17.7 Å². The van der Waals surface area contributed by atoms with E-state index in [1.807, 2.05) is 60.9 Å². The maximum atomic E-state index is 13.1. The van der Waals surface area contributed by atoms with Gasteiger partial charge in [-0.2, -0.15) is 0 Å². The summed E-state index contributed by atoms with van der Waals surface area (Å²) in [6.07, 6.45) is 5.06. The molecule has 7 heteroatoms. The number of Topliss-reactive ketones (excluding diaryl/α,β-unsaturated/α-hetero) is 1. The molecule has 0 aliphatic carbocycles. The number of carbonyl (C=O) groups excluding carboxylic acids is 2. The second-order valence-electron chi connectivity index (χ2n) is 7.75. The van der Waals surface area contributed by atoms with Gasteiger partial charge in [0.1, 0.15) is 5.76 Å². The van der Waals surface area contributed by atoms with Crippen LogP contribution in [0.25, 0.3) is 16.7 Å².